The SMILES string of the molecule is CC(NC(=O)c1nc(-c2cccc(Cl)c2)c2ccccn12)c1ccccc1Cl. The lowest BCUT2D eigenvalue weighted by atomic mass is 10.1. The number of rotatable bonds is 4. The molecule has 1 unspecified atom stereocenters. The number of hydrogen-bond acceptors (Lipinski definition) is 2. The summed E-state index contributed by atoms with van der Waals surface area (Å²) in [6.07, 6.45) is 1.82. The number of benzene rings is 2. The van der Waals surface area contributed by atoms with Gasteiger partial charge in [0, 0.05) is 21.8 Å². The van der Waals surface area contributed by atoms with Gasteiger partial charge in [-0.3, -0.25) is 9.20 Å². The fourth-order valence-electron chi connectivity index (χ4n) is 3.21. The van der Waals surface area contributed by atoms with Crippen LogP contribution in [0, 0.1) is 0 Å². The molecule has 4 rings (SSSR count). The second-order valence-corrected chi connectivity index (χ2v) is 7.31. The van der Waals surface area contributed by atoms with Gasteiger partial charge in [0.15, 0.2) is 0 Å². The summed E-state index contributed by atoms with van der Waals surface area (Å²) in [6, 6.07) is 20.4. The first-order chi connectivity index (χ1) is 13.5. The number of pyridine rings is 1. The van der Waals surface area contributed by atoms with Crippen molar-refractivity contribution in [2.24, 2.45) is 0 Å². The van der Waals surface area contributed by atoms with Crippen LogP contribution in [0.5, 0.6) is 0 Å². The average molecular weight is 410 g/mol. The predicted molar refractivity (Wildman–Crippen MR) is 113 cm³/mol. The molecule has 28 heavy (non-hydrogen) atoms. The van der Waals surface area contributed by atoms with Gasteiger partial charge in [0.05, 0.1) is 17.3 Å². The Morgan fingerprint density at radius 1 is 1.04 bits per heavy atom. The monoisotopic (exact) mass is 409 g/mol. The quantitative estimate of drug-likeness (QED) is 0.462. The Morgan fingerprint density at radius 3 is 2.61 bits per heavy atom. The highest BCUT2D eigenvalue weighted by Gasteiger charge is 2.20. The molecule has 0 spiro atoms. The number of carbonyl (C=O) groups excluding carboxylic acids is 1. The summed E-state index contributed by atoms with van der Waals surface area (Å²) in [6.45, 7) is 1.90. The van der Waals surface area contributed by atoms with Gasteiger partial charge in [0.25, 0.3) is 5.91 Å². The van der Waals surface area contributed by atoms with Crippen LogP contribution in [0.3, 0.4) is 0 Å². The largest absolute Gasteiger partial charge is 0.343 e. The van der Waals surface area contributed by atoms with Gasteiger partial charge < -0.3 is 5.32 Å². The molecular formula is C22H17Cl2N3O. The molecule has 0 radical (unpaired) electrons. The van der Waals surface area contributed by atoms with Crippen LogP contribution in [-0.4, -0.2) is 15.3 Å². The van der Waals surface area contributed by atoms with Crippen LogP contribution in [0.2, 0.25) is 10.0 Å². The number of hydrogen-bond donors (Lipinski definition) is 1. The molecule has 0 aliphatic carbocycles. The minimum Gasteiger partial charge on any atom is -0.343 e. The van der Waals surface area contributed by atoms with Gasteiger partial charge in [-0.1, -0.05) is 59.6 Å². The molecule has 140 valence electrons. The van der Waals surface area contributed by atoms with E-state index in [-0.39, 0.29) is 11.9 Å². The van der Waals surface area contributed by atoms with Crippen molar-refractivity contribution in [3.8, 4) is 11.3 Å². The van der Waals surface area contributed by atoms with E-state index in [1.165, 1.54) is 0 Å². The van der Waals surface area contributed by atoms with Gasteiger partial charge in [-0.25, -0.2) is 4.98 Å². The Hall–Kier alpha value is -2.82. The number of amides is 1. The molecule has 0 saturated heterocycles. The van der Waals surface area contributed by atoms with E-state index in [9.17, 15) is 4.79 Å². The molecular weight excluding hydrogens is 393 g/mol. The third kappa shape index (κ3) is 3.49. The van der Waals surface area contributed by atoms with Crippen molar-refractivity contribution in [3.63, 3.8) is 0 Å². The lowest BCUT2D eigenvalue weighted by Crippen LogP contribution is -2.28. The van der Waals surface area contributed by atoms with E-state index in [4.69, 9.17) is 23.2 Å². The van der Waals surface area contributed by atoms with E-state index >= 15 is 0 Å². The molecule has 0 aliphatic heterocycles. The van der Waals surface area contributed by atoms with Crippen LogP contribution in [-0.2, 0) is 0 Å². The van der Waals surface area contributed by atoms with Crippen molar-refractivity contribution < 1.29 is 4.79 Å². The number of nitrogens with one attached hydrogen (secondary N) is 1. The molecule has 6 heteroatoms. The van der Waals surface area contributed by atoms with E-state index in [0.717, 1.165) is 16.6 Å². The van der Waals surface area contributed by atoms with Crippen molar-refractivity contribution in [2.75, 3.05) is 0 Å². The number of fused-ring (bicyclic) bond motifs is 1. The Bertz CT molecular complexity index is 1170. The fourth-order valence-corrected chi connectivity index (χ4v) is 3.70. The van der Waals surface area contributed by atoms with Crippen molar-refractivity contribution in [1.29, 1.82) is 0 Å². The first-order valence-corrected chi connectivity index (χ1v) is 9.58. The van der Waals surface area contributed by atoms with Crippen molar-refractivity contribution >= 4 is 34.6 Å². The van der Waals surface area contributed by atoms with Gasteiger partial charge in [-0.2, -0.15) is 0 Å². The van der Waals surface area contributed by atoms with Crippen LogP contribution in [0.25, 0.3) is 16.8 Å². The zero-order valence-electron chi connectivity index (χ0n) is 15.1. The van der Waals surface area contributed by atoms with Gasteiger partial charge in [0.2, 0.25) is 5.82 Å². The molecule has 1 atom stereocenters. The molecule has 2 aromatic carbocycles. The van der Waals surface area contributed by atoms with Gasteiger partial charge in [0.1, 0.15) is 0 Å². The maximum Gasteiger partial charge on any atom is 0.288 e. The number of halogens is 2. The van der Waals surface area contributed by atoms with Crippen LogP contribution >= 0.6 is 23.2 Å². The number of nitrogens with zero attached hydrogens (tertiary/aromatic N) is 2. The van der Waals surface area contributed by atoms with Gasteiger partial charge >= 0.3 is 0 Å². The summed E-state index contributed by atoms with van der Waals surface area (Å²) < 4.78 is 1.78. The molecule has 0 aliphatic rings. The number of aromatic nitrogens is 2. The van der Waals surface area contributed by atoms with E-state index in [1.807, 2.05) is 79.9 Å². The third-order valence-corrected chi connectivity index (χ3v) is 5.15. The van der Waals surface area contributed by atoms with Crippen molar-refractivity contribution in [1.82, 2.24) is 14.7 Å². The second-order valence-electron chi connectivity index (χ2n) is 6.47. The predicted octanol–water partition coefficient (Wildman–Crippen LogP) is 5.80. The molecule has 2 aromatic heterocycles. The second kappa shape index (κ2) is 7.66. The summed E-state index contributed by atoms with van der Waals surface area (Å²) in [5.74, 6) is 0.0337. The van der Waals surface area contributed by atoms with Crippen LogP contribution in [0.1, 0.15) is 29.1 Å². The summed E-state index contributed by atoms with van der Waals surface area (Å²) in [4.78, 5) is 17.6. The van der Waals surface area contributed by atoms with Crippen molar-refractivity contribution in [2.45, 2.75) is 13.0 Å². The summed E-state index contributed by atoms with van der Waals surface area (Å²) in [7, 11) is 0. The molecule has 4 aromatic rings. The van der Waals surface area contributed by atoms with E-state index in [2.05, 4.69) is 10.3 Å². The molecule has 1 N–H and O–H groups in total. The number of imidazole rings is 1. The Morgan fingerprint density at radius 2 is 1.82 bits per heavy atom. The standard InChI is InChI=1S/C22H17Cl2N3O/c1-14(17-9-2-3-10-18(17)24)25-22(28)21-26-20(15-7-6-8-16(23)13-15)19-11-4-5-12-27(19)21/h2-14H,1H3,(H,25,28). The minimum atomic E-state index is -0.276. The van der Waals surface area contributed by atoms with Crippen LogP contribution < -0.4 is 5.32 Å². The first-order valence-electron chi connectivity index (χ1n) is 8.83. The molecule has 0 saturated carbocycles. The van der Waals surface area contributed by atoms with Gasteiger partial charge in [-0.15, -0.1) is 0 Å². The Labute approximate surface area is 172 Å². The van der Waals surface area contributed by atoms with E-state index in [0.29, 0.717) is 21.6 Å². The highest BCUT2D eigenvalue weighted by atomic mass is 35.5. The Balaban J connectivity index is 1.73. The number of carbonyl (C=O) groups is 1. The molecule has 4 nitrogen and oxygen atoms in total. The average Bonchev–Trinajstić information content (AvgIpc) is 3.08. The molecule has 0 fully saturated rings. The lowest BCUT2D eigenvalue weighted by Gasteiger charge is -2.15. The van der Waals surface area contributed by atoms with E-state index < -0.39 is 0 Å². The highest BCUT2D eigenvalue weighted by molar-refractivity contribution is 6.31. The zero-order valence-corrected chi connectivity index (χ0v) is 16.6. The normalized spacial score (nSPS) is 12.1. The highest BCUT2D eigenvalue weighted by Crippen LogP contribution is 2.28. The summed E-state index contributed by atoms with van der Waals surface area (Å²) in [5, 5.41) is 4.22. The Kier molecular flexibility index (Phi) is 5.07. The fraction of sp³-hybridized carbons (Fsp3) is 0.0909. The first kappa shape index (κ1) is 18.5. The third-order valence-electron chi connectivity index (χ3n) is 4.57. The maximum absolute atomic E-state index is 13.0. The van der Waals surface area contributed by atoms with E-state index in [1.54, 1.807) is 4.40 Å². The van der Waals surface area contributed by atoms with Crippen molar-refractivity contribution in [3.05, 3.63) is 94.4 Å². The smallest absolute Gasteiger partial charge is 0.288 e. The molecule has 0 bridgehead atoms. The molecule has 2 heterocycles. The summed E-state index contributed by atoms with van der Waals surface area (Å²) in [5.41, 5.74) is 3.25. The van der Waals surface area contributed by atoms with Crippen LogP contribution in [0.15, 0.2) is 72.9 Å². The molecule has 1 amide bonds. The minimum absolute atomic E-state index is 0.258. The zero-order chi connectivity index (χ0) is 19.7. The lowest BCUT2D eigenvalue weighted by molar-refractivity contribution is 0.0929. The van der Waals surface area contributed by atoms with Crippen LogP contribution in [0.4, 0.5) is 0 Å². The summed E-state index contributed by atoms with van der Waals surface area (Å²) >= 11 is 12.4. The van der Waals surface area contributed by atoms with Gasteiger partial charge in [-0.05, 0) is 42.8 Å². The maximum atomic E-state index is 13.0. The topological polar surface area (TPSA) is 46.4 Å².